The van der Waals surface area contributed by atoms with Crippen molar-refractivity contribution < 1.29 is 31.1 Å². The van der Waals surface area contributed by atoms with Gasteiger partial charge in [-0.05, 0) is 6.42 Å². The first-order valence-corrected chi connectivity index (χ1v) is 11.4. The number of carbonyl (C=O) groups is 1. The molecule has 0 aromatic rings. The van der Waals surface area contributed by atoms with Crippen molar-refractivity contribution in [1.29, 1.82) is 0 Å². The average molecular weight is 426 g/mol. The number of unbranched alkanes of at least 4 members (excludes halogenated alkanes) is 14. The topological polar surface area (TPSA) is 26.3 Å². The Hall–Kier alpha value is -0.0505. The molecule has 0 amide bonds. The third kappa shape index (κ3) is 25.9. The molecule has 0 saturated carbocycles. The minimum atomic E-state index is -0.0202. The van der Waals surface area contributed by atoms with E-state index in [1.54, 1.807) is 0 Å². The van der Waals surface area contributed by atoms with Gasteiger partial charge in [0.15, 0.2) is 0 Å². The second kappa shape index (κ2) is 20.7. The minimum Gasteiger partial charge on any atom is -0.460 e. The summed E-state index contributed by atoms with van der Waals surface area (Å²) < 4.78 is 6.12. The van der Waals surface area contributed by atoms with Crippen LogP contribution < -0.4 is 0 Å². The minimum absolute atomic E-state index is 0. The summed E-state index contributed by atoms with van der Waals surface area (Å²) in [6.07, 6.45) is 20.9. The molecule has 0 fully saturated rings. The third-order valence-electron chi connectivity index (χ3n) is 5.01. The standard InChI is InChI=1S/C23H48NO2.Fe/c1-5-6-7-8-9-10-11-12-13-14-15-16-17-18-19-20-23(25)26-22-21-24(2,3)4;/h5-22H2,1-4H3;/q+1;+3. The quantitative estimate of drug-likeness (QED) is 0.102. The van der Waals surface area contributed by atoms with E-state index in [1.165, 1.54) is 89.9 Å². The van der Waals surface area contributed by atoms with Gasteiger partial charge < -0.3 is 9.22 Å². The second-order valence-corrected chi connectivity index (χ2v) is 8.93. The van der Waals surface area contributed by atoms with Gasteiger partial charge >= 0.3 is 23.0 Å². The Labute approximate surface area is 181 Å². The first-order chi connectivity index (χ1) is 12.5. The van der Waals surface area contributed by atoms with Gasteiger partial charge in [0, 0.05) is 6.42 Å². The molecule has 1 radical (unpaired) electrons. The van der Waals surface area contributed by atoms with Gasteiger partial charge in [-0.25, -0.2) is 0 Å². The Kier molecular flexibility index (Phi) is 22.3. The molecular formula is C23H48FeNO2+4. The Balaban J connectivity index is 0. The van der Waals surface area contributed by atoms with E-state index in [-0.39, 0.29) is 23.0 Å². The molecule has 0 unspecified atom stereocenters. The maximum absolute atomic E-state index is 11.6. The van der Waals surface area contributed by atoms with Crippen molar-refractivity contribution >= 4 is 5.97 Å². The van der Waals surface area contributed by atoms with E-state index in [0.717, 1.165) is 17.4 Å². The number of carbonyl (C=O) groups excluding carboxylic acids is 1. The number of hydrogen-bond donors (Lipinski definition) is 0. The largest absolute Gasteiger partial charge is 3.00 e. The van der Waals surface area contributed by atoms with Gasteiger partial charge in [0.25, 0.3) is 0 Å². The van der Waals surface area contributed by atoms with Crippen LogP contribution in [0.5, 0.6) is 0 Å². The van der Waals surface area contributed by atoms with Gasteiger partial charge in [-0.15, -0.1) is 0 Å². The van der Waals surface area contributed by atoms with E-state index in [4.69, 9.17) is 4.74 Å². The van der Waals surface area contributed by atoms with Crippen molar-refractivity contribution in [2.75, 3.05) is 34.3 Å². The van der Waals surface area contributed by atoms with Gasteiger partial charge in [-0.1, -0.05) is 96.8 Å². The number of nitrogens with zero attached hydrogens (tertiary/aromatic N) is 1. The molecule has 4 heteroatoms. The molecule has 0 N–H and O–H groups in total. The summed E-state index contributed by atoms with van der Waals surface area (Å²) in [7, 11) is 6.34. The smallest absolute Gasteiger partial charge is 0.460 e. The predicted octanol–water partition coefficient (Wildman–Crippen LogP) is 6.49. The zero-order valence-electron chi connectivity index (χ0n) is 18.8. The Morgan fingerprint density at radius 1 is 0.667 bits per heavy atom. The molecule has 0 aliphatic rings. The fraction of sp³-hybridized carbons (Fsp3) is 0.957. The molecule has 0 aliphatic carbocycles. The van der Waals surface area contributed by atoms with E-state index in [0.29, 0.717) is 13.0 Å². The number of quaternary nitrogens is 1. The molecule has 27 heavy (non-hydrogen) atoms. The van der Waals surface area contributed by atoms with E-state index in [9.17, 15) is 4.79 Å². The van der Waals surface area contributed by atoms with Crippen LogP contribution in [0.2, 0.25) is 0 Å². The maximum atomic E-state index is 11.6. The van der Waals surface area contributed by atoms with Gasteiger partial charge in [-0.2, -0.15) is 0 Å². The fourth-order valence-corrected chi connectivity index (χ4v) is 3.15. The average Bonchev–Trinajstić information content (AvgIpc) is 2.57. The van der Waals surface area contributed by atoms with Crippen LogP contribution >= 0.6 is 0 Å². The summed E-state index contributed by atoms with van der Waals surface area (Å²) in [6, 6.07) is 0. The molecule has 0 aliphatic heterocycles. The number of rotatable bonds is 19. The van der Waals surface area contributed by atoms with Crippen molar-refractivity contribution in [3.8, 4) is 0 Å². The SMILES string of the molecule is CCCCCCCCCCCCCCCCCC(=O)OCC[N+](C)(C)C.[Fe+3]. The molecule has 0 heterocycles. The molecule has 0 rings (SSSR count). The van der Waals surface area contributed by atoms with Crippen LogP contribution in [0.15, 0.2) is 0 Å². The number of esters is 1. The van der Waals surface area contributed by atoms with Crippen LogP contribution in [-0.2, 0) is 26.6 Å². The molecule has 0 atom stereocenters. The van der Waals surface area contributed by atoms with Crippen molar-refractivity contribution in [2.24, 2.45) is 0 Å². The zero-order chi connectivity index (χ0) is 19.5. The van der Waals surface area contributed by atoms with Gasteiger partial charge in [0.2, 0.25) is 0 Å². The number of ether oxygens (including phenoxy) is 1. The molecule has 0 aromatic heterocycles. The number of likely N-dealkylation sites (N-methyl/N-ethyl adjacent to an activating group) is 1. The summed E-state index contributed by atoms with van der Waals surface area (Å²) in [5.74, 6) is -0.0202. The van der Waals surface area contributed by atoms with Crippen LogP contribution in [0.4, 0.5) is 0 Å². The molecule has 0 aromatic carbocycles. The summed E-state index contributed by atoms with van der Waals surface area (Å²) in [5, 5.41) is 0. The molecule has 161 valence electrons. The Morgan fingerprint density at radius 2 is 1.04 bits per heavy atom. The normalized spacial score (nSPS) is 11.3. The number of hydrogen-bond acceptors (Lipinski definition) is 2. The van der Waals surface area contributed by atoms with Crippen LogP contribution in [0, 0.1) is 0 Å². The Morgan fingerprint density at radius 3 is 1.41 bits per heavy atom. The van der Waals surface area contributed by atoms with Crippen molar-refractivity contribution in [3.05, 3.63) is 0 Å². The first kappa shape index (κ1) is 29.2. The van der Waals surface area contributed by atoms with Gasteiger partial charge in [0.05, 0.1) is 21.1 Å². The molecule has 0 bridgehead atoms. The third-order valence-corrected chi connectivity index (χ3v) is 5.01. The molecule has 0 spiro atoms. The van der Waals surface area contributed by atoms with Crippen LogP contribution in [-0.4, -0.2) is 44.7 Å². The van der Waals surface area contributed by atoms with Crippen molar-refractivity contribution in [3.63, 3.8) is 0 Å². The van der Waals surface area contributed by atoms with E-state index >= 15 is 0 Å². The second-order valence-electron chi connectivity index (χ2n) is 8.93. The van der Waals surface area contributed by atoms with Crippen LogP contribution in [0.1, 0.15) is 110 Å². The van der Waals surface area contributed by atoms with E-state index < -0.39 is 0 Å². The molecular weight excluding hydrogens is 378 g/mol. The summed E-state index contributed by atoms with van der Waals surface area (Å²) in [6.45, 7) is 3.70. The maximum Gasteiger partial charge on any atom is 3.00 e. The summed E-state index contributed by atoms with van der Waals surface area (Å²) >= 11 is 0. The van der Waals surface area contributed by atoms with Crippen molar-refractivity contribution in [2.45, 2.75) is 110 Å². The predicted molar refractivity (Wildman–Crippen MR) is 113 cm³/mol. The van der Waals surface area contributed by atoms with Gasteiger partial charge in [-0.3, -0.25) is 4.79 Å². The summed E-state index contributed by atoms with van der Waals surface area (Å²) in [5.41, 5.74) is 0. The monoisotopic (exact) mass is 426 g/mol. The fourth-order valence-electron chi connectivity index (χ4n) is 3.15. The van der Waals surface area contributed by atoms with Crippen LogP contribution in [0.25, 0.3) is 0 Å². The molecule has 0 saturated heterocycles. The summed E-state index contributed by atoms with van der Waals surface area (Å²) in [4.78, 5) is 11.6. The zero-order valence-corrected chi connectivity index (χ0v) is 19.9. The van der Waals surface area contributed by atoms with Gasteiger partial charge in [0.1, 0.15) is 13.2 Å². The molecule has 3 nitrogen and oxygen atoms in total. The first-order valence-electron chi connectivity index (χ1n) is 11.4. The van der Waals surface area contributed by atoms with E-state index in [1.807, 2.05) is 0 Å². The van der Waals surface area contributed by atoms with Crippen LogP contribution in [0.3, 0.4) is 0 Å². The van der Waals surface area contributed by atoms with Crippen molar-refractivity contribution in [1.82, 2.24) is 0 Å². The Bertz CT molecular complexity index is 316. The van der Waals surface area contributed by atoms with E-state index in [2.05, 4.69) is 28.1 Å².